The zero-order chi connectivity index (χ0) is 59.4. The summed E-state index contributed by atoms with van der Waals surface area (Å²) in [5.74, 6) is 1.14. The minimum atomic E-state index is -4.87. The van der Waals surface area contributed by atoms with E-state index in [1.54, 1.807) is 12.4 Å². The average molecular weight is 1160 g/mol. The van der Waals surface area contributed by atoms with Crippen LogP contribution in [0.3, 0.4) is 0 Å². The number of phenols is 2. The van der Waals surface area contributed by atoms with Crippen molar-refractivity contribution in [1.29, 1.82) is 0 Å². The molecular formula is C72H84FeN2O6P-. The number of rotatable bonds is 7. The first kappa shape index (κ1) is 63.1. The maximum atomic E-state index is 13.8. The summed E-state index contributed by atoms with van der Waals surface area (Å²) in [6.45, 7) is 39.8. The molecule has 0 aromatic heterocycles. The largest absolute Gasteiger partial charge is 0.736 e. The van der Waals surface area contributed by atoms with Crippen LogP contribution in [0.5, 0.6) is 23.0 Å². The van der Waals surface area contributed by atoms with E-state index in [0.29, 0.717) is 46.8 Å². The molecule has 8 nitrogen and oxygen atoms in total. The molecule has 10 heteroatoms. The Labute approximate surface area is 499 Å². The van der Waals surface area contributed by atoms with Gasteiger partial charge in [0, 0.05) is 74.0 Å². The maximum absolute atomic E-state index is 13.8. The molecule has 0 spiro atoms. The number of fused-ring (bicyclic) bond motifs is 7. The molecule has 432 valence electrons. The molecule has 0 aliphatic carbocycles. The van der Waals surface area contributed by atoms with E-state index in [1.807, 2.05) is 84.9 Å². The van der Waals surface area contributed by atoms with Crippen LogP contribution in [0.2, 0.25) is 0 Å². The molecule has 0 atom stereocenters. The van der Waals surface area contributed by atoms with Gasteiger partial charge in [-0.2, -0.15) is 0 Å². The van der Waals surface area contributed by atoms with Crippen molar-refractivity contribution in [2.75, 3.05) is 13.1 Å². The molecule has 2 N–H and O–H groups in total. The second kappa shape index (κ2) is 23.3. The van der Waals surface area contributed by atoms with Crippen LogP contribution in [0.1, 0.15) is 169 Å². The predicted octanol–water partition coefficient (Wildman–Crippen LogP) is 18.7. The Morgan fingerprint density at radius 1 is 0.439 bits per heavy atom. The van der Waals surface area contributed by atoms with Gasteiger partial charge < -0.3 is 24.2 Å². The van der Waals surface area contributed by atoms with Gasteiger partial charge in [-0.3, -0.25) is 9.98 Å². The van der Waals surface area contributed by atoms with Gasteiger partial charge in [-0.15, -0.1) is 0 Å². The zero-order valence-corrected chi connectivity index (χ0v) is 53.5. The number of hydrogen-bond acceptors (Lipinski definition) is 8. The minimum absolute atomic E-state index is 0. The van der Waals surface area contributed by atoms with Gasteiger partial charge in [0.25, 0.3) is 0 Å². The minimum Gasteiger partial charge on any atom is -0.736 e. The number of aromatic hydroxyl groups is 2. The predicted molar refractivity (Wildman–Crippen MR) is 340 cm³/mol. The second-order valence-corrected chi connectivity index (χ2v) is 29.2. The summed E-state index contributed by atoms with van der Waals surface area (Å²) in [5, 5.41) is 25.6. The molecule has 0 saturated heterocycles. The van der Waals surface area contributed by atoms with Crippen LogP contribution < -0.4 is 13.9 Å². The number of phosphoric ester groups is 1. The van der Waals surface area contributed by atoms with Crippen LogP contribution in [-0.2, 0) is 54.1 Å². The van der Waals surface area contributed by atoms with Gasteiger partial charge in [0.15, 0.2) is 0 Å². The van der Waals surface area contributed by atoms with Crippen molar-refractivity contribution in [3.63, 3.8) is 0 Å². The number of hydrogen-bond donors (Lipinski definition) is 2. The molecule has 1 aliphatic heterocycles. The first-order valence-corrected chi connectivity index (χ1v) is 29.8. The fraction of sp³-hybridized carbons (Fsp3) is 0.361. The smallest absolute Gasteiger partial charge is 0.372 e. The summed E-state index contributed by atoms with van der Waals surface area (Å²) < 4.78 is 25.8. The Kier molecular flexibility index (Phi) is 17.9. The van der Waals surface area contributed by atoms with E-state index >= 15 is 0 Å². The normalized spacial score (nSPS) is 13.9. The average Bonchev–Trinajstić information content (AvgIpc) is 1.92. The van der Waals surface area contributed by atoms with E-state index in [0.717, 1.165) is 54.9 Å². The van der Waals surface area contributed by atoms with E-state index in [2.05, 4.69) is 183 Å². The topological polar surface area (TPSA) is 124 Å². The van der Waals surface area contributed by atoms with Crippen molar-refractivity contribution in [2.45, 2.75) is 157 Å². The van der Waals surface area contributed by atoms with Gasteiger partial charge in [-0.05, 0) is 112 Å². The molecule has 1 aliphatic rings. The van der Waals surface area contributed by atoms with Crippen LogP contribution in [0.25, 0.3) is 54.9 Å². The van der Waals surface area contributed by atoms with Crippen LogP contribution in [0.15, 0.2) is 143 Å². The summed E-state index contributed by atoms with van der Waals surface area (Å²) in [6.07, 6.45) is 3.51. The number of benzene rings is 8. The molecule has 0 radical (unpaired) electrons. The maximum Gasteiger partial charge on any atom is 0.372 e. The number of aliphatic imine (C=N–C) groups is 2. The molecular weight excluding hydrogens is 1080 g/mol. The Hall–Kier alpha value is -6.47. The fourth-order valence-corrected chi connectivity index (χ4v) is 11.1. The van der Waals surface area contributed by atoms with Gasteiger partial charge in [0.1, 0.15) is 23.0 Å². The third-order valence-electron chi connectivity index (χ3n) is 15.2. The molecule has 0 amide bonds. The summed E-state index contributed by atoms with van der Waals surface area (Å²) in [6, 6.07) is 45.0. The monoisotopic (exact) mass is 1160 g/mol. The molecule has 0 fully saturated rings. The van der Waals surface area contributed by atoms with E-state index in [4.69, 9.17) is 9.05 Å². The molecule has 0 unspecified atom stereocenters. The van der Waals surface area contributed by atoms with E-state index in [9.17, 15) is 19.7 Å². The zero-order valence-electron chi connectivity index (χ0n) is 51.5. The molecule has 0 bridgehead atoms. The summed E-state index contributed by atoms with van der Waals surface area (Å²) in [5.41, 5.74) is 12.1. The van der Waals surface area contributed by atoms with Crippen molar-refractivity contribution in [3.05, 3.63) is 178 Å². The summed E-state index contributed by atoms with van der Waals surface area (Å²) in [7, 11) is -4.87. The van der Waals surface area contributed by atoms with Crippen LogP contribution >= 0.6 is 7.82 Å². The standard InChI is InChI=1S/C40H37O4P.C32H48N2O2.Fe/c1-39(2,3)29-19-15-25(16-20-29)33-23-27-11-7-9-13-31(27)35-36-32-14-10-8-12-28(32)24-34(38(36)44-45(41,42)43-37(33)35)26-17-21-30(22-18-26)40(4,5)6;1-29(2,3)23-15-21(27(35)25(17-23)31(7,8)9)19-33-13-14-34-20-22-16-24(30(4,5)6)18-26(28(22)36)32(10,11)12;/h7-24H,1-6H3,(H,41,42);15-20,35-36H,13-14H2,1-12H3;/p-1. The molecule has 82 heavy (non-hydrogen) atoms. The molecule has 8 aromatic carbocycles. The van der Waals surface area contributed by atoms with E-state index < -0.39 is 7.82 Å². The number of phenolic OH excluding ortho intramolecular Hbond substituents is 2. The first-order chi connectivity index (χ1) is 37.5. The Morgan fingerprint density at radius 2 is 0.756 bits per heavy atom. The Balaban J connectivity index is 0.000000240. The fourth-order valence-electron chi connectivity index (χ4n) is 10.3. The number of nitrogens with zero attached hydrogens (tertiary/aromatic N) is 2. The first-order valence-electron chi connectivity index (χ1n) is 28.3. The van der Waals surface area contributed by atoms with Crippen LogP contribution in [0.4, 0.5) is 0 Å². The van der Waals surface area contributed by atoms with E-state index in [1.165, 1.54) is 22.3 Å². The van der Waals surface area contributed by atoms with Gasteiger partial charge in [-0.1, -0.05) is 234 Å². The van der Waals surface area contributed by atoms with Crippen LogP contribution in [-0.4, -0.2) is 35.7 Å². The molecule has 0 saturated carbocycles. The van der Waals surface area contributed by atoms with Gasteiger partial charge in [0.05, 0.1) is 13.1 Å². The van der Waals surface area contributed by atoms with Crippen LogP contribution in [0, 0.1) is 0 Å². The summed E-state index contributed by atoms with van der Waals surface area (Å²) >= 11 is 0. The Morgan fingerprint density at radius 3 is 1.06 bits per heavy atom. The summed E-state index contributed by atoms with van der Waals surface area (Å²) in [4.78, 5) is 22.9. The van der Waals surface area contributed by atoms with Gasteiger partial charge >= 0.3 is 7.82 Å². The SMILES string of the molecule is CC(C)(C)c1cc(C=NCCN=Cc2cc(C(C)(C)C)cc(C(C)(C)C)c2O)c(O)c(C(C)(C)C)c1.CC(C)(C)c1ccc(-c2cc3ccccc3c3c2OP(=O)([O-])Oc2c(-c4ccc(C(C)(C)C)cc4)cc4ccccc4c2-3)cc1.[Fe]. The van der Waals surface area contributed by atoms with Crippen molar-refractivity contribution < 1.29 is 45.8 Å². The Bertz CT molecular complexity index is 3520. The van der Waals surface area contributed by atoms with Crippen molar-refractivity contribution in [1.82, 2.24) is 0 Å². The molecule has 8 aromatic rings. The second-order valence-electron chi connectivity index (χ2n) is 28.0. The van der Waals surface area contributed by atoms with Gasteiger partial charge in [0.2, 0.25) is 0 Å². The quantitative estimate of drug-likeness (QED) is 0.0709. The van der Waals surface area contributed by atoms with Crippen molar-refractivity contribution in [3.8, 4) is 56.4 Å². The third-order valence-corrected chi connectivity index (χ3v) is 16.0. The van der Waals surface area contributed by atoms with Gasteiger partial charge in [-0.25, -0.2) is 4.57 Å². The molecule has 1 heterocycles. The third kappa shape index (κ3) is 13.9. The van der Waals surface area contributed by atoms with Crippen molar-refractivity contribution >= 4 is 41.8 Å². The van der Waals surface area contributed by atoms with Crippen molar-refractivity contribution in [2.24, 2.45) is 9.98 Å². The number of phosphoric acid groups is 1. The molecule has 9 rings (SSSR count). The van der Waals surface area contributed by atoms with E-state index in [-0.39, 0.29) is 61.1 Å².